The van der Waals surface area contributed by atoms with E-state index >= 15 is 0 Å². The molecule has 2 heteroatoms. The summed E-state index contributed by atoms with van der Waals surface area (Å²) < 4.78 is 0. The lowest BCUT2D eigenvalue weighted by Crippen LogP contribution is -2.45. The van der Waals surface area contributed by atoms with Gasteiger partial charge < -0.3 is 10.2 Å². The Bertz CT molecular complexity index is 435. The largest absolute Gasteiger partial charge is 0.317 e. The van der Waals surface area contributed by atoms with Crippen LogP contribution in [0.3, 0.4) is 0 Å². The second kappa shape index (κ2) is 6.93. The van der Waals surface area contributed by atoms with Crippen molar-refractivity contribution in [2.45, 2.75) is 52.6 Å². The minimum atomic E-state index is 0.503. The Kier molecular flexibility index (Phi) is 5.45. The number of benzene rings is 1. The smallest absolute Gasteiger partial charge is 0.0230 e. The highest BCUT2D eigenvalue weighted by atomic mass is 15.1. The normalized spacial score (nSPS) is 25.2. The standard InChI is InChI=1S/C19H32N2/c1-15-6-8-16(9-7-15)13-21(5)14-17-12-19(2,3)11-10-18(17)20-4/h6-9,17-18,20H,10-14H2,1-5H3. The van der Waals surface area contributed by atoms with Crippen LogP contribution in [0.15, 0.2) is 24.3 Å². The number of hydrogen-bond acceptors (Lipinski definition) is 2. The van der Waals surface area contributed by atoms with Crippen LogP contribution in [0.4, 0.5) is 0 Å². The molecule has 1 saturated carbocycles. The summed E-state index contributed by atoms with van der Waals surface area (Å²) in [5.74, 6) is 0.759. The van der Waals surface area contributed by atoms with Gasteiger partial charge in [-0.15, -0.1) is 0 Å². The van der Waals surface area contributed by atoms with Crippen LogP contribution in [-0.4, -0.2) is 31.6 Å². The molecule has 1 N–H and O–H groups in total. The molecule has 2 nitrogen and oxygen atoms in total. The molecular weight excluding hydrogens is 256 g/mol. The molecule has 0 heterocycles. The molecule has 0 spiro atoms. The molecule has 0 aromatic heterocycles. The van der Waals surface area contributed by atoms with Gasteiger partial charge in [0.2, 0.25) is 0 Å². The van der Waals surface area contributed by atoms with Crippen molar-refractivity contribution in [2.24, 2.45) is 11.3 Å². The minimum absolute atomic E-state index is 0.503. The summed E-state index contributed by atoms with van der Waals surface area (Å²) >= 11 is 0. The molecule has 0 amide bonds. The van der Waals surface area contributed by atoms with Crippen LogP contribution >= 0.6 is 0 Å². The van der Waals surface area contributed by atoms with Gasteiger partial charge in [-0.25, -0.2) is 0 Å². The molecule has 2 rings (SSSR count). The average Bonchev–Trinajstić information content (AvgIpc) is 2.41. The van der Waals surface area contributed by atoms with Gasteiger partial charge in [0.05, 0.1) is 0 Å². The van der Waals surface area contributed by atoms with Crippen molar-refractivity contribution in [1.82, 2.24) is 10.2 Å². The first kappa shape index (κ1) is 16.5. The molecule has 2 unspecified atom stereocenters. The summed E-state index contributed by atoms with van der Waals surface area (Å²) in [4.78, 5) is 2.49. The van der Waals surface area contributed by atoms with E-state index in [-0.39, 0.29) is 0 Å². The van der Waals surface area contributed by atoms with Crippen molar-refractivity contribution in [1.29, 1.82) is 0 Å². The lowest BCUT2D eigenvalue weighted by atomic mass is 9.69. The molecule has 21 heavy (non-hydrogen) atoms. The molecule has 0 bridgehead atoms. The first-order valence-electron chi connectivity index (χ1n) is 8.31. The Labute approximate surface area is 130 Å². The van der Waals surface area contributed by atoms with Gasteiger partial charge in [-0.05, 0) is 57.2 Å². The number of nitrogens with zero attached hydrogens (tertiary/aromatic N) is 1. The van der Waals surface area contributed by atoms with Gasteiger partial charge >= 0.3 is 0 Å². The fourth-order valence-electron chi connectivity index (χ4n) is 3.78. The zero-order valence-electron chi connectivity index (χ0n) is 14.4. The van der Waals surface area contributed by atoms with Crippen molar-refractivity contribution in [3.63, 3.8) is 0 Å². The van der Waals surface area contributed by atoms with Crippen molar-refractivity contribution in [2.75, 3.05) is 20.6 Å². The van der Waals surface area contributed by atoms with Crippen molar-refractivity contribution in [3.05, 3.63) is 35.4 Å². The van der Waals surface area contributed by atoms with Crippen LogP contribution in [0.5, 0.6) is 0 Å². The number of hydrogen-bond donors (Lipinski definition) is 1. The Hall–Kier alpha value is -0.860. The van der Waals surface area contributed by atoms with E-state index < -0.39 is 0 Å². The highest BCUT2D eigenvalue weighted by Crippen LogP contribution is 2.38. The van der Waals surface area contributed by atoms with Gasteiger partial charge in [-0.1, -0.05) is 43.7 Å². The zero-order valence-corrected chi connectivity index (χ0v) is 14.4. The Morgan fingerprint density at radius 3 is 2.52 bits per heavy atom. The summed E-state index contributed by atoms with van der Waals surface area (Å²) in [6, 6.07) is 9.61. The van der Waals surface area contributed by atoms with E-state index in [9.17, 15) is 0 Å². The third-order valence-electron chi connectivity index (χ3n) is 5.01. The van der Waals surface area contributed by atoms with Crippen LogP contribution < -0.4 is 5.32 Å². The van der Waals surface area contributed by atoms with Gasteiger partial charge in [0.25, 0.3) is 0 Å². The van der Waals surface area contributed by atoms with E-state index in [2.05, 4.69) is 69.3 Å². The predicted octanol–water partition coefficient (Wildman–Crippen LogP) is 3.84. The van der Waals surface area contributed by atoms with Crippen LogP contribution in [-0.2, 0) is 6.54 Å². The number of rotatable bonds is 5. The highest BCUT2D eigenvalue weighted by Gasteiger charge is 2.34. The first-order valence-corrected chi connectivity index (χ1v) is 8.31. The molecule has 0 saturated heterocycles. The van der Waals surface area contributed by atoms with Gasteiger partial charge in [0, 0.05) is 19.1 Å². The molecule has 1 aromatic rings. The monoisotopic (exact) mass is 288 g/mol. The first-order chi connectivity index (χ1) is 9.89. The van der Waals surface area contributed by atoms with Crippen molar-refractivity contribution in [3.8, 4) is 0 Å². The van der Waals surface area contributed by atoms with Crippen molar-refractivity contribution >= 4 is 0 Å². The molecule has 0 aliphatic heterocycles. The van der Waals surface area contributed by atoms with E-state index in [0.29, 0.717) is 11.5 Å². The van der Waals surface area contributed by atoms with E-state index in [1.54, 1.807) is 0 Å². The topological polar surface area (TPSA) is 15.3 Å². The molecule has 1 fully saturated rings. The summed E-state index contributed by atoms with van der Waals surface area (Å²) in [6.07, 6.45) is 3.99. The van der Waals surface area contributed by atoms with Crippen molar-refractivity contribution < 1.29 is 0 Å². The maximum absolute atomic E-state index is 3.54. The van der Waals surface area contributed by atoms with E-state index in [4.69, 9.17) is 0 Å². The second-order valence-corrected chi connectivity index (χ2v) is 7.74. The number of aryl methyl sites for hydroxylation is 1. The zero-order chi connectivity index (χ0) is 15.5. The molecule has 2 atom stereocenters. The summed E-state index contributed by atoms with van der Waals surface area (Å²) in [5.41, 5.74) is 3.26. The lowest BCUT2D eigenvalue weighted by Gasteiger charge is -2.42. The molecule has 1 aliphatic carbocycles. The fraction of sp³-hybridized carbons (Fsp3) is 0.684. The Balaban J connectivity index is 1.93. The predicted molar refractivity (Wildman–Crippen MR) is 91.5 cm³/mol. The summed E-state index contributed by atoms with van der Waals surface area (Å²) in [5, 5.41) is 3.54. The van der Waals surface area contributed by atoms with E-state index in [1.165, 1.54) is 36.9 Å². The summed E-state index contributed by atoms with van der Waals surface area (Å²) in [7, 11) is 4.38. The maximum Gasteiger partial charge on any atom is 0.0230 e. The Morgan fingerprint density at radius 2 is 1.90 bits per heavy atom. The number of nitrogens with one attached hydrogen (secondary N) is 1. The third kappa shape index (κ3) is 4.82. The van der Waals surface area contributed by atoms with Crippen LogP contribution in [0.2, 0.25) is 0 Å². The SMILES string of the molecule is CNC1CCC(C)(C)CC1CN(C)Cc1ccc(C)cc1. The van der Waals surface area contributed by atoms with Gasteiger partial charge in [0.15, 0.2) is 0 Å². The van der Waals surface area contributed by atoms with Crippen LogP contribution in [0, 0.1) is 18.3 Å². The van der Waals surface area contributed by atoms with Crippen LogP contribution in [0.1, 0.15) is 44.2 Å². The quantitative estimate of drug-likeness (QED) is 0.885. The van der Waals surface area contributed by atoms with E-state index in [1.807, 2.05) is 0 Å². The fourth-order valence-corrected chi connectivity index (χ4v) is 3.78. The average molecular weight is 288 g/mol. The lowest BCUT2D eigenvalue weighted by molar-refractivity contribution is 0.110. The molecule has 1 aromatic carbocycles. The van der Waals surface area contributed by atoms with Gasteiger partial charge in [-0.3, -0.25) is 0 Å². The highest BCUT2D eigenvalue weighted by molar-refractivity contribution is 5.21. The van der Waals surface area contributed by atoms with E-state index in [0.717, 1.165) is 12.5 Å². The van der Waals surface area contributed by atoms with Gasteiger partial charge in [-0.2, -0.15) is 0 Å². The third-order valence-corrected chi connectivity index (χ3v) is 5.01. The van der Waals surface area contributed by atoms with Gasteiger partial charge in [0.1, 0.15) is 0 Å². The second-order valence-electron chi connectivity index (χ2n) is 7.74. The molecule has 1 aliphatic rings. The molecule has 118 valence electrons. The van der Waals surface area contributed by atoms with Crippen LogP contribution in [0.25, 0.3) is 0 Å². The molecule has 0 radical (unpaired) electrons. The molecular formula is C19H32N2. The maximum atomic E-state index is 3.54. The Morgan fingerprint density at radius 1 is 1.24 bits per heavy atom. The summed E-state index contributed by atoms with van der Waals surface area (Å²) in [6.45, 7) is 9.23. The minimum Gasteiger partial charge on any atom is -0.317 e.